The number of hydrogen-bond acceptors (Lipinski definition) is 3. The number of hydrogen-bond donors (Lipinski definition) is 2. The molecule has 3 nitrogen and oxygen atoms in total. The molecule has 0 fully saturated rings. The number of rotatable bonds is 3. The summed E-state index contributed by atoms with van der Waals surface area (Å²) in [6.07, 6.45) is 1.40. The Balaban J connectivity index is 3.11. The van der Waals surface area contributed by atoms with Crippen molar-refractivity contribution in [3.05, 3.63) is 22.3 Å². The summed E-state index contributed by atoms with van der Waals surface area (Å²) in [6, 6.07) is 0. The predicted octanol–water partition coefficient (Wildman–Crippen LogP) is 3.14. The minimum absolute atomic E-state index is 0.0322. The summed E-state index contributed by atoms with van der Waals surface area (Å²) >= 11 is 16.0. The monoisotopic (exact) mass is 282 g/mol. The number of carbonyl (C=O) groups is 1. The van der Waals surface area contributed by atoms with Gasteiger partial charge in [0.15, 0.2) is 0 Å². The molecule has 0 aromatic rings. The molecule has 0 aromatic carbocycles. The Bertz CT molecular complexity index is 372. The van der Waals surface area contributed by atoms with Crippen molar-refractivity contribution in [3.63, 3.8) is 0 Å². The fourth-order valence-electron chi connectivity index (χ4n) is 1.32. The van der Waals surface area contributed by atoms with Crippen LogP contribution in [0.5, 0.6) is 0 Å². The average Bonchev–Trinajstić information content (AvgIpc) is 2.09. The van der Waals surface area contributed by atoms with Gasteiger partial charge in [0.1, 0.15) is 10.1 Å². The normalized spacial score (nSPS) is 19.8. The maximum absolute atomic E-state index is 11.0. The van der Waals surface area contributed by atoms with Crippen LogP contribution in [0.15, 0.2) is 22.3 Å². The molecule has 0 atom stereocenters. The summed E-state index contributed by atoms with van der Waals surface area (Å²) in [4.78, 5) is 11.2. The molecular formula is C10H12Cl2O3S. The minimum atomic E-state index is -1.26. The van der Waals surface area contributed by atoms with Gasteiger partial charge in [-0.1, -0.05) is 23.2 Å². The van der Waals surface area contributed by atoms with E-state index in [4.69, 9.17) is 33.0 Å². The highest BCUT2D eigenvalue weighted by Crippen LogP contribution is 2.41. The molecule has 0 spiro atoms. The van der Waals surface area contributed by atoms with Gasteiger partial charge in [-0.3, -0.25) is 0 Å². The summed E-state index contributed by atoms with van der Waals surface area (Å²) in [7, 11) is 0. The van der Waals surface area contributed by atoms with E-state index in [-0.39, 0.29) is 23.0 Å². The quantitative estimate of drug-likeness (QED) is 0.618. The fraction of sp³-hybridized carbons (Fsp3) is 0.500. The summed E-state index contributed by atoms with van der Waals surface area (Å²) in [5, 5.41) is 8.97. The summed E-state index contributed by atoms with van der Waals surface area (Å²) in [5.41, 5.74) is -0.0322. The molecule has 1 rings (SSSR count). The number of halogens is 2. The van der Waals surface area contributed by atoms with Crippen molar-refractivity contribution in [1.29, 1.82) is 0 Å². The Morgan fingerprint density at radius 2 is 2.19 bits per heavy atom. The molecule has 0 amide bonds. The second kappa shape index (κ2) is 4.90. The highest BCUT2D eigenvalue weighted by molar-refractivity contribution is 7.84. The van der Waals surface area contributed by atoms with E-state index in [2.05, 4.69) is 12.6 Å². The van der Waals surface area contributed by atoms with E-state index in [1.165, 1.54) is 6.08 Å². The molecule has 1 aliphatic rings. The van der Waals surface area contributed by atoms with E-state index in [0.29, 0.717) is 5.76 Å². The van der Waals surface area contributed by atoms with Crippen LogP contribution in [0.4, 0.5) is 0 Å². The maximum atomic E-state index is 11.0. The molecule has 90 valence electrons. The third kappa shape index (κ3) is 3.34. The summed E-state index contributed by atoms with van der Waals surface area (Å²) in [6.45, 7) is 3.66. The van der Waals surface area contributed by atoms with Crippen LogP contribution in [-0.2, 0) is 9.53 Å². The van der Waals surface area contributed by atoms with Crippen LogP contribution in [0.2, 0.25) is 0 Å². The fourth-order valence-corrected chi connectivity index (χ4v) is 2.08. The summed E-state index contributed by atoms with van der Waals surface area (Å²) in [5.74, 6) is -0.719. The van der Waals surface area contributed by atoms with Gasteiger partial charge in [-0.25, -0.2) is 4.79 Å². The Labute approximate surface area is 109 Å². The van der Waals surface area contributed by atoms with Gasteiger partial charge >= 0.3 is 5.97 Å². The second-order valence-electron chi connectivity index (χ2n) is 3.74. The van der Waals surface area contributed by atoms with Crippen LogP contribution in [0.25, 0.3) is 0 Å². The first-order chi connectivity index (χ1) is 7.23. The van der Waals surface area contributed by atoms with E-state index in [0.717, 1.165) is 0 Å². The predicted molar refractivity (Wildman–Crippen MR) is 67.0 cm³/mol. The highest BCUT2D eigenvalue weighted by Gasteiger charge is 2.34. The van der Waals surface area contributed by atoms with Crippen molar-refractivity contribution in [2.24, 2.45) is 0 Å². The van der Waals surface area contributed by atoms with Gasteiger partial charge in [-0.05, 0) is 19.9 Å². The Morgan fingerprint density at radius 1 is 1.62 bits per heavy atom. The molecule has 6 heteroatoms. The topological polar surface area (TPSA) is 46.5 Å². The molecule has 0 saturated carbocycles. The zero-order chi connectivity index (χ0) is 12.5. The lowest BCUT2D eigenvalue weighted by Gasteiger charge is -2.26. The van der Waals surface area contributed by atoms with Gasteiger partial charge in [0.25, 0.3) is 0 Å². The van der Waals surface area contributed by atoms with Gasteiger partial charge in [0.05, 0.1) is 16.6 Å². The Hall–Kier alpha value is -0.320. The van der Waals surface area contributed by atoms with E-state index >= 15 is 0 Å². The van der Waals surface area contributed by atoms with Crippen molar-refractivity contribution >= 4 is 41.8 Å². The molecule has 1 aliphatic carbocycles. The number of aliphatic carboxylic acids is 1. The average molecular weight is 283 g/mol. The smallest absolute Gasteiger partial charge is 0.336 e. The van der Waals surface area contributed by atoms with Crippen LogP contribution >= 0.6 is 35.8 Å². The molecule has 1 N–H and O–H groups in total. The molecule has 0 unspecified atom stereocenters. The van der Waals surface area contributed by atoms with E-state index in [1.807, 2.05) is 13.8 Å². The standard InChI is InChI=1S/C10H12Cl2O3S/c1-5(2)15-7-4-10(11,12)3-6(8(7)16)9(13)14/h3,5,16H,4H2,1-2H3,(H,13,14). The lowest BCUT2D eigenvalue weighted by atomic mass is 10.0. The second-order valence-corrected chi connectivity index (χ2v) is 5.73. The molecule has 0 radical (unpaired) electrons. The molecule has 0 aromatic heterocycles. The van der Waals surface area contributed by atoms with E-state index < -0.39 is 10.3 Å². The third-order valence-electron chi connectivity index (χ3n) is 1.88. The van der Waals surface area contributed by atoms with E-state index in [9.17, 15) is 4.79 Å². The number of allylic oxidation sites excluding steroid dienone is 2. The first-order valence-corrected chi connectivity index (χ1v) is 5.86. The SMILES string of the molecule is CC(C)OC1=C(S)C(C(=O)O)=CC(Cl)(Cl)C1. The number of carboxylic acids is 1. The van der Waals surface area contributed by atoms with Crippen molar-refractivity contribution in [2.75, 3.05) is 0 Å². The third-order valence-corrected chi connectivity index (χ3v) is 2.86. The van der Waals surface area contributed by atoms with Crippen LogP contribution in [0.3, 0.4) is 0 Å². The molecule has 0 heterocycles. The Morgan fingerprint density at radius 3 is 2.62 bits per heavy atom. The number of thiol groups is 1. The van der Waals surface area contributed by atoms with Crippen molar-refractivity contribution in [3.8, 4) is 0 Å². The molecule has 0 bridgehead atoms. The molecule has 0 aliphatic heterocycles. The minimum Gasteiger partial charge on any atom is -0.494 e. The maximum Gasteiger partial charge on any atom is 0.336 e. The van der Waals surface area contributed by atoms with Gasteiger partial charge < -0.3 is 9.84 Å². The van der Waals surface area contributed by atoms with Crippen molar-refractivity contribution in [1.82, 2.24) is 0 Å². The van der Waals surface area contributed by atoms with Crippen LogP contribution in [-0.4, -0.2) is 21.5 Å². The van der Waals surface area contributed by atoms with Gasteiger partial charge in [0, 0.05) is 6.42 Å². The first-order valence-electron chi connectivity index (χ1n) is 4.66. The van der Waals surface area contributed by atoms with Crippen LogP contribution < -0.4 is 0 Å². The number of ether oxygens (including phenoxy) is 1. The first kappa shape index (κ1) is 13.7. The zero-order valence-corrected chi connectivity index (χ0v) is 11.2. The van der Waals surface area contributed by atoms with E-state index in [1.54, 1.807) is 0 Å². The molecular weight excluding hydrogens is 271 g/mol. The lowest BCUT2D eigenvalue weighted by Crippen LogP contribution is -2.22. The molecule has 0 saturated heterocycles. The summed E-state index contributed by atoms with van der Waals surface area (Å²) < 4.78 is 4.19. The Kier molecular flexibility index (Phi) is 4.21. The van der Waals surface area contributed by atoms with Crippen LogP contribution in [0.1, 0.15) is 20.3 Å². The number of carboxylic acid groups (broad SMARTS) is 1. The van der Waals surface area contributed by atoms with Crippen molar-refractivity contribution < 1.29 is 14.6 Å². The number of alkyl halides is 2. The van der Waals surface area contributed by atoms with Gasteiger partial charge in [0.2, 0.25) is 0 Å². The highest BCUT2D eigenvalue weighted by atomic mass is 35.5. The van der Waals surface area contributed by atoms with Gasteiger partial charge in [-0.15, -0.1) is 12.6 Å². The lowest BCUT2D eigenvalue weighted by molar-refractivity contribution is -0.132. The van der Waals surface area contributed by atoms with Gasteiger partial charge in [-0.2, -0.15) is 0 Å². The largest absolute Gasteiger partial charge is 0.494 e. The molecule has 16 heavy (non-hydrogen) atoms. The van der Waals surface area contributed by atoms with Crippen LogP contribution in [0, 0.1) is 0 Å². The van der Waals surface area contributed by atoms with Crippen molar-refractivity contribution in [2.45, 2.75) is 30.7 Å². The zero-order valence-electron chi connectivity index (χ0n) is 8.83.